The third-order valence-corrected chi connectivity index (χ3v) is 6.83. The van der Waals surface area contributed by atoms with Crippen molar-refractivity contribution >= 4 is 5.97 Å². The maximum atomic E-state index is 11.0. The second kappa shape index (κ2) is 10.4. The number of aromatic nitrogens is 5. The van der Waals surface area contributed by atoms with Crippen LogP contribution >= 0.6 is 0 Å². The van der Waals surface area contributed by atoms with Crippen molar-refractivity contribution in [1.29, 1.82) is 0 Å². The zero-order valence-electron chi connectivity index (χ0n) is 20.6. The van der Waals surface area contributed by atoms with Crippen LogP contribution in [0.4, 0.5) is 0 Å². The molecule has 0 unspecified atom stereocenters. The number of hydrogen-bond acceptors (Lipinski definition) is 7. The van der Waals surface area contributed by atoms with E-state index in [4.69, 9.17) is 14.6 Å². The summed E-state index contributed by atoms with van der Waals surface area (Å²) in [6, 6.07) is 22.2. The molecule has 0 aliphatic carbocycles. The van der Waals surface area contributed by atoms with Crippen LogP contribution in [0.1, 0.15) is 11.1 Å². The molecule has 1 aliphatic heterocycles. The molecule has 1 fully saturated rings. The SMILES string of the molecule is O=C(O)C1CN(Cc2ccc(-c3noc(-c4cnn(CCc5ccccc5)c4-c4ccncc4)n3)cc2)C1. The Kier molecular flexibility index (Phi) is 6.49. The number of rotatable bonds is 9. The summed E-state index contributed by atoms with van der Waals surface area (Å²) in [5.74, 6) is -0.0774. The van der Waals surface area contributed by atoms with Crippen LogP contribution in [-0.2, 0) is 24.3 Å². The number of benzene rings is 2. The van der Waals surface area contributed by atoms with E-state index < -0.39 is 5.97 Å². The highest BCUT2D eigenvalue weighted by molar-refractivity contribution is 5.77. The summed E-state index contributed by atoms with van der Waals surface area (Å²) in [6.07, 6.45) is 6.14. The molecule has 0 amide bonds. The van der Waals surface area contributed by atoms with E-state index in [9.17, 15) is 4.79 Å². The van der Waals surface area contributed by atoms with Gasteiger partial charge in [-0.2, -0.15) is 10.1 Å². The first-order valence-corrected chi connectivity index (χ1v) is 12.5. The van der Waals surface area contributed by atoms with Gasteiger partial charge in [-0.05, 0) is 29.7 Å². The molecular formula is C29H26N6O3. The van der Waals surface area contributed by atoms with Gasteiger partial charge in [0.25, 0.3) is 5.89 Å². The third kappa shape index (κ3) is 4.96. The van der Waals surface area contributed by atoms with Gasteiger partial charge in [-0.3, -0.25) is 19.4 Å². The molecule has 1 saturated heterocycles. The number of aryl methyl sites for hydroxylation is 2. The first kappa shape index (κ1) is 23.7. The normalized spacial score (nSPS) is 13.9. The summed E-state index contributed by atoms with van der Waals surface area (Å²) in [4.78, 5) is 22.0. The molecule has 38 heavy (non-hydrogen) atoms. The van der Waals surface area contributed by atoms with Gasteiger partial charge in [0.1, 0.15) is 0 Å². The molecule has 4 heterocycles. The molecule has 9 heteroatoms. The molecule has 190 valence electrons. The van der Waals surface area contributed by atoms with Crippen molar-refractivity contribution in [3.8, 4) is 34.1 Å². The summed E-state index contributed by atoms with van der Waals surface area (Å²) in [7, 11) is 0. The highest BCUT2D eigenvalue weighted by atomic mass is 16.5. The smallest absolute Gasteiger partial charge is 0.309 e. The van der Waals surface area contributed by atoms with E-state index in [1.807, 2.05) is 59.3 Å². The second-order valence-electron chi connectivity index (χ2n) is 9.45. The van der Waals surface area contributed by atoms with Crippen molar-refractivity contribution in [2.45, 2.75) is 19.5 Å². The van der Waals surface area contributed by atoms with Gasteiger partial charge in [-0.25, -0.2) is 0 Å². The van der Waals surface area contributed by atoms with Crippen LogP contribution in [0, 0.1) is 5.92 Å². The van der Waals surface area contributed by atoms with E-state index in [0.29, 0.717) is 31.3 Å². The molecule has 9 nitrogen and oxygen atoms in total. The lowest BCUT2D eigenvalue weighted by atomic mass is 9.99. The Morgan fingerprint density at radius 2 is 1.71 bits per heavy atom. The number of hydrogen-bond donors (Lipinski definition) is 1. The lowest BCUT2D eigenvalue weighted by Gasteiger charge is -2.36. The van der Waals surface area contributed by atoms with Crippen LogP contribution < -0.4 is 0 Å². The van der Waals surface area contributed by atoms with Gasteiger partial charge in [-0.1, -0.05) is 59.8 Å². The summed E-state index contributed by atoms with van der Waals surface area (Å²) in [5, 5.41) is 18.0. The molecule has 2 aromatic carbocycles. The number of pyridine rings is 1. The highest BCUT2D eigenvalue weighted by Crippen LogP contribution is 2.32. The fraction of sp³-hybridized carbons (Fsp3) is 0.207. The number of nitrogens with zero attached hydrogens (tertiary/aromatic N) is 6. The van der Waals surface area contributed by atoms with Gasteiger partial charge in [-0.15, -0.1) is 0 Å². The molecule has 0 saturated carbocycles. The molecular weight excluding hydrogens is 480 g/mol. The summed E-state index contributed by atoms with van der Waals surface area (Å²) < 4.78 is 7.68. The van der Waals surface area contributed by atoms with Gasteiger partial charge in [0, 0.05) is 49.7 Å². The van der Waals surface area contributed by atoms with Gasteiger partial charge < -0.3 is 9.63 Å². The maximum absolute atomic E-state index is 11.0. The fourth-order valence-corrected chi connectivity index (χ4v) is 4.73. The topological polar surface area (TPSA) is 110 Å². The van der Waals surface area contributed by atoms with Crippen LogP contribution in [0.2, 0.25) is 0 Å². The average Bonchev–Trinajstić information content (AvgIpc) is 3.58. The summed E-state index contributed by atoms with van der Waals surface area (Å²) in [6.45, 7) is 2.60. The fourth-order valence-electron chi connectivity index (χ4n) is 4.73. The maximum Gasteiger partial charge on any atom is 0.309 e. The standard InChI is InChI=1S/C29H26N6O3/c36-29(37)24-18-34(19-24)17-21-6-8-23(9-7-21)27-32-28(38-33-27)25-16-31-35(15-12-20-4-2-1-3-5-20)26(25)22-10-13-30-14-11-22/h1-11,13-14,16,24H,12,15,17-19H2,(H,36,37). The molecule has 1 aliphatic rings. The third-order valence-electron chi connectivity index (χ3n) is 6.83. The van der Waals surface area contributed by atoms with Crippen molar-refractivity contribution < 1.29 is 14.4 Å². The van der Waals surface area contributed by atoms with E-state index in [0.717, 1.165) is 40.9 Å². The average molecular weight is 507 g/mol. The van der Waals surface area contributed by atoms with Crippen LogP contribution in [0.25, 0.3) is 34.1 Å². The van der Waals surface area contributed by atoms with E-state index in [1.165, 1.54) is 5.56 Å². The number of carbonyl (C=O) groups is 1. The first-order chi connectivity index (χ1) is 18.6. The lowest BCUT2D eigenvalue weighted by molar-refractivity contribution is -0.147. The number of carboxylic acid groups (broad SMARTS) is 1. The van der Waals surface area contributed by atoms with E-state index in [-0.39, 0.29) is 5.92 Å². The van der Waals surface area contributed by atoms with Crippen LogP contribution in [0.15, 0.2) is 89.8 Å². The molecule has 0 atom stereocenters. The zero-order valence-corrected chi connectivity index (χ0v) is 20.6. The predicted octanol–water partition coefficient (Wildman–Crippen LogP) is 4.42. The summed E-state index contributed by atoms with van der Waals surface area (Å²) in [5.41, 5.74) is 5.84. The molecule has 3 aromatic heterocycles. The van der Waals surface area contributed by atoms with Crippen molar-refractivity contribution in [2.75, 3.05) is 13.1 Å². The van der Waals surface area contributed by atoms with E-state index in [1.54, 1.807) is 18.6 Å². The molecule has 0 bridgehead atoms. The van der Waals surface area contributed by atoms with Gasteiger partial charge >= 0.3 is 5.97 Å². The van der Waals surface area contributed by atoms with Gasteiger partial charge in [0.2, 0.25) is 5.82 Å². The Labute approximate surface area is 219 Å². The number of likely N-dealkylation sites (tertiary alicyclic amines) is 1. The Bertz CT molecular complexity index is 1520. The largest absolute Gasteiger partial charge is 0.481 e. The van der Waals surface area contributed by atoms with Crippen molar-refractivity contribution in [1.82, 2.24) is 29.8 Å². The molecule has 6 rings (SSSR count). The Balaban J connectivity index is 1.22. The zero-order chi connectivity index (χ0) is 25.9. The monoisotopic (exact) mass is 506 g/mol. The molecule has 5 aromatic rings. The van der Waals surface area contributed by atoms with Crippen LogP contribution in [-0.4, -0.2) is 54.0 Å². The van der Waals surface area contributed by atoms with E-state index in [2.05, 4.69) is 32.3 Å². The predicted molar refractivity (Wildman–Crippen MR) is 141 cm³/mol. The van der Waals surface area contributed by atoms with Crippen LogP contribution in [0.5, 0.6) is 0 Å². The number of aliphatic carboxylic acids is 1. The van der Waals surface area contributed by atoms with Crippen LogP contribution in [0.3, 0.4) is 0 Å². The molecule has 0 radical (unpaired) electrons. The minimum Gasteiger partial charge on any atom is -0.481 e. The van der Waals surface area contributed by atoms with Crippen molar-refractivity contribution in [3.63, 3.8) is 0 Å². The second-order valence-corrected chi connectivity index (χ2v) is 9.45. The number of carboxylic acids is 1. The highest BCUT2D eigenvalue weighted by Gasteiger charge is 2.32. The quantitative estimate of drug-likeness (QED) is 0.313. The Morgan fingerprint density at radius 1 is 0.947 bits per heavy atom. The minimum absolute atomic E-state index is 0.258. The molecule has 0 spiro atoms. The van der Waals surface area contributed by atoms with Crippen molar-refractivity contribution in [3.05, 3.63) is 96.4 Å². The van der Waals surface area contributed by atoms with Crippen molar-refractivity contribution in [2.24, 2.45) is 5.92 Å². The Morgan fingerprint density at radius 3 is 2.45 bits per heavy atom. The minimum atomic E-state index is -0.724. The lowest BCUT2D eigenvalue weighted by Crippen LogP contribution is -2.49. The Hall–Kier alpha value is -4.63. The van der Waals surface area contributed by atoms with Gasteiger partial charge in [0.05, 0.1) is 23.4 Å². The van der Waals surface area contributed by atoms with Gasteiger partial charge in [0.15, 0.2) is 0 Å². The van der Waals surface area contributed by atoms with E-state index >= 15 is 0 Å². The summed E-state index contributed by atoms with van der Waals surface area (Å²) >= 11 is 0. The first-order valence-electron chi connectivity index (χ1n) is 12.5. The molecule has 1 N–H and O–H groups in total.